The summed E-state index contributed by atoms with van der Waals surface area (Å²) in [6, 6.07) is 2.46. The molecule has 5 nitrogen and oxygen atoms in total. The lowest BCUT2D eigenvalue weighted by molar-refractivity contribution is -0.0829. The van der Waals surface area contributed by atoms with Gasteiger partial charge in [0.05, 0.1) is 12.2 Å². The molecule has 2 atom stereocenters. The lowest BCUT2D eigenvalue weighted by Crippen LogP contribution is -2.45. The van der Waals surface area contributed by atoms with E-state index < -0.39 is 0 Å². The molecule has 1 aromatic rings. The van der Waals surface area contributed by atoms with Gasteiger partial charge < -0.3 is 14.8 Å². The van der Waals surface area contributed by atoms with Gasteiger partial charge >= 0.3 is 0 Å². The van der Waals surface area contributed by atoms with E-state index in [1.165, 1.54) is 0 Å². The molecule has 1 aromatic heterocycles. The Morgan fingerprint density at radius 1 is 1.40 bits per heavy atom. The summed E-state index contributed by atoms with van der Waals surface area (Å²) in [6.45, 7) is 6.41. The van der Waals surface area contributed by atoms with E-state index in [-0.39, 0.29) is 5.60 Å². The molecule has 3 rings (SSSR count). The fourth-order valence-corrected chi connectivity index (χ4v) is 3.11. The summed E-state index contributed by atoms with van der Waals surface area (Å²) in [4.78, 5) is 8.92. The van der Waals surface area contributed by atoms with E-state index in [2.05, 4.69) is 28.3 Å². The molecular weight excluding hydrogens is 254 g/mol. The molecule has 2 fully saturated rings. The summed E-state index contributed by atoms with van der Waals surface area (Å²) >= 11 is 0. The monoisotopic (exact) mass is 277 g/mol. The normalized spacial score (nSPS) is 29.8. The van der Waals surface area contributed by atoms with E-state index >= 15 is 0 Å². The van der Waals surface area contributed by atoms with Crippen molar-refractivity contribution in [2.24, 2.45) is 0 Å². The van der Waals surface area contributed by atoms with E-state index in [1.54, 1.807) is 0 Å². The van der Waals surface area contributed by atoms with Crippen molar-refractivity contribution in [2.45, 2.75) is 51.2 Å². The largest absolute Gasteiger partial charge is 0.378 e. The molecule has 110 valence electrons. The van der Waals surface area contributed by atoms with Crippen molar-refractivity contribution < 1.29 is 9.47 Å². The predicted molar refractivity (Wildman–Crippen MR) is 76.9 cm³/mol. The maximum atomic E-state index is 5.97. The van der Waals surface area contributed by atoms with Crippen molar-refractivity contribution in [3.05, 3.63) is 17.6 Å². The summed E-state index contributed by atoms with van der Waals surface area (Å²) in [5, 5.41) is 3.56. The van der Waals surface area contributed by atoms with Gasteiger partial charge in [-0.25, -0.2) is 9.97 Å². The zero-order chi connectivity index (χ0) is 14.0. The Bertz CT molecular complexity index is 472. The van der Waals surface area contributed by atoms with Crippen LogP contribution < -0.4 is 5.32 Å². The molecule has 0 unspecified atom stereocenters. The van der Waals surface area contributed by atoms with Gasteiger partial charge in [0.2, 0.25) is 0 Å². The van der Waals surface area contributed by atoms with E-state index in [9.17, 15) is 0 Å². The van der Waals surface area contributed by atoms with Gasteiger partial charge in [-0.2, -0.15) is 0 Å². The number of rotatable bonds is 3. The quantitative estimate of drug-likeness (QED) is 0.917. The first-order chi connectivity index (χ1) is 9.69. The molecule has 0 aromatic carbocycles. The fraction of sp³-hybridized carbons (Fsp3) is 0.733. The van der Waals surface area contributed by atoms with Crippen LogP contribution in [0.3, 0.4) is 0 Å². The number of nitrogens with one attached hydrogen (secondary N) is 1. The summed E-state index contributed by atoms with van der Waals surface area (Å²) in [5.41, 5.74) is 1.02. The third-order valence-electron chi connectivity index (χ3n) is 4.17. The van der Waals surface area contributed by atoms with Crippen LogP contribution in [0, 0.1) is 6.92 Å². The first kappa shape index (κ1) is 13.8. The minimum absolute atomic E-state index is 0.0639. The second-order valence-corrected chi connectivity index (χ2v) is 5.81. The first-order valence-corrected chi connectivity index (χ1v) is 7.52. The van der Waals surface area contributed by atoms with Crippen molar-refractivity contribution >= 4 is 5.82 Å². The SMILES string of the molecule is CCc1cc(N[C@H]2CCO[C@]3(CCOC3)C2)nc(C)n1. The van der Waals surface area contributed by atoms with E-state index in [4.69, 9.17) is 9.47 Å². The average Bonchev–Trinajstić information content (AvgIpc) is 2.86. The second kappa shape index (κ2) is 5.66. The van der Waals surface area contributed by atoms with Gasteiger partial charge in [-0.1, -0.05) is 6.92 Å². The Hall–Kier alpha value is -1.20. The minimum Gasteiger partial charge on any atom is -0.378 e. The maximum absolute atomic E-state index is 5.97. The molecule has 2 aliphatic rings. The van der Waals surface area contributed by atoms with Gasteiger partial charge in [0, 0.05) is 37.4 Å². The number of nitrogens with zero attached hydrogens (tertiary/aromatic N) is 2. The van der Waals surface area contributed by atoms with Crippen LogP contribution in [0.4, 0.5) is 5.82 Å². The van der Waals surface area contributed by atoms with Gasteiger partial charge in [0.25, 0.3) is 0 Å². The molecule has 2 saturated heterocycles. The molecule has 0 radical (unpaired) electrons. The van der Waals surface area contributed by atoms with Gasteiger partial charge in [-0.15, -0.1) is 0 Å². The highest BCUT2D eigenvalue weighted by Gasteiger charge is 2.41. The molecule has 3 heterocycles. The molecule has 20 heavy (non-hydrogen) atoms. The van der Waals surface area contributed by atoms with Crippen LogP contribution in [-0.2, 0) is 15.9 Å². The van der Waals surface area contributed by atoms with Crippen LogP contribution >= 0.6 is 0 Å². The Labute approximate surface area is 120 Å². The lowest BCUT2D eigenvalue weighted by atomic mass is 9.90. The lowest BCUT2D eigenvalue weighted by Gasteiger charge is -2.37. The van der Waals surface area contributed by atoms with Crippen molar-refractivity contribution in [1.29, 1.82) is 0 Å². The summed E-state index contributed by atoms with van der Waals surface area (Å²) in [7, 11) is 0. The Morgan fingerprint density at radius 3 is 3.05 bits per heavy atom. The van der Waals surface area contributed by atoms with Crippen LogP contribution in [-0.4, -0.2) is 41.4 Å². The summed E-state index contributed by atoms with van der Waals surface area (Å²) in [5.74, 6) is 1.77. The third kappa shape index (κ3) is 2.94. The molecule has 0 amide bonds. The number of hydrogen-bond donors (Lipinski definition) is 1. The van der Waals surface area contributed by atoms with Gasteiger partial charge in [-0.3, -0.25) is 0 Å². The van der Waals surface area contributed by atoms with E-state index in [1.807, 2.05) is 6.92 Å². The third-order valence-corrected chi connectivity index (χ3v) is 4.17. The Balaban J connectivity index is 1.69. The smallest absolute Gasteiger partial charge is 0.130 e. The molecule has 0 aliphatic carbocycles. The number of aromatic nitrogens is 2. The van der Waals surface area contributed by atoms with Crippen LogP contribution in [0.15, 0.2) is 6.07 Å². The Kier molecular flexibility index (Phi) is 3.89. The molecule has 1 spiro atoms. The highest BCUT2D eigenvalue weighted by atomic mass is 16.6. The molecule has 0 bridgehead atoms. The van der Waals surface area contributed by atoms with Gasteiger partial charge in [-0.05, 0) is 26.2 Å². The van der Waals surface area contributed by atoms with Crippen molar-refractivity contribution in [3.63, 3.8) is 0 Å². The molecule has 2 aliphatic heterocycles. The zero-order valence-corrected chi connectivity index (χ0v) is 12.3. The number of aryl methyl sites for hydroxylation is 2. The van der Waals surface area contributed by atoms with Crippen molar-refractivity contribution in [3.8, 4) is 0 Å². The second-order valence-electron chi connectivity index (χ2n) is 5.81. The van der Waals surface area contributed by atoms with Gasteiger partial charge in [0.1, 0.15) is 11.6 Å². The summed E-state index contributed by atoms with van der Waals surface area (Å²) < 4.78 is 11.5. The van der Waals surface area contributed by atoms with Crippen LogP contribution in [0.25, 0.3) is 0 Å². The van der Waals surface area contributed by atoms with Crippen LogP contribution in [0.2, 0.25) is 0 Å². The zero-order valence-electron chi connectivity index (χ0n) is 12.3. The maximum Gasteiger partial charge on any atom is 0.130 e. The highest BCUT2D eigenvalue weighted by Crippen LogP contribution is 2.33. The van der Waals surface area contributed by atoms with Crippen LogP contribution in [0.5, 0.6) is 0 Å². The number of anilines is 1. The number of hydrogen-bond acceptors (Lipinski definition) is 5. The van der Waals surface area contributed by atoms with Crippen LogP contribution in [0.1, 0.15) is 37.7 Å². The number of ether oxygens (including phenoxy) is 2. The topological polar surface area (TPSA) is 56.3 Å². The standard InChI is InChI=1S/C15H23N3O2/c1-3-12-8-14(17-11(2)16-12)18-13-4-6-20-15(9-13)5-7-19-10-15/h8,13H,3-7,9-10H2,1-2H3,(H,16,17,18)/t13-,15+/m0/s1. The average molecular weight is 277 g/mol. The molecular formula is C15H23N3O2. The highest BCUT2D eigenvalue weighted by molar-refractivity contribution is 5.37. The predicted octanol–water partition coefficient (Wildman–Crippen LogP) is 2.10. The summed E-state index contributed by atoms with van der Waals surface area (Å²) in [6.07, 6.45) is 3.96. The molecule has 0 saturated carbocycles. The molecule has 1 N–H and O–H groups in total. The van der Waals surface area contributed by atoms with Crippen molar-refractivity contribution in [2.75, 3.05) is 25.1 Å². The van der Waals surface area contributed by atoms with Crippen molar-refractivity contribution in [1.82, 2.24) is 9.97 Å². The van der Waals surface area contributed by atoms with E-state index in [0.717, 1.165) is 62.8 Å². The molecule has 5 heteroatoms. The first-order valence-electron chi connectivity index (χ1n) is 7.52. The van der Waals surface area contributed by atoms with E-state index in [0.29, 0.717) is 6.04 Å². The Morgan fingerprint density at radius 2 is 2.30 bits per heavy atom. The minimum atomic E-state index is -0.0639. The fourth-order valence-electron chi connectivity index (χ4n) is 3.11. The van der Waals surface area contributed by atoms with Gasteiger partial charge in [0.15, 0.2) is 0 Å².